The van der Waals surface area contributed by atoms with E-state index in [4.69, 9.17) is 14.2 Å². The van der Waals surface area contributed by atoms with Crippen LogP contribution in [0.1, 0.15) is 136 Å². The first-order valence-electron chi connectivity index (χ1n) is 21.3. The van der Waals surface area contributed by atoms with Crippen molar-refractivity contribution in [2.45, 2.75) is 148 Å². The van der Waals surface area contributed by atoms with Crippen molar-refractivity contribution in [2.24, 2.45) is 0 Å². The number of quaternary nitrogens is 1. The lowest BCUT2D eigenvalue weighted by Crippen LogP contribution is -2.50. The van der Waals surface area contributed by atoms with E-state index in [2.05, 4.69) is 111 Å². The molecule has 2 unspecified atom stereocenters. The molecule has 0 rings (SSSR count). The number of hydrogen-bond donors (Lipinski definition) is 1. The fourth-order valence-electron chi connectivity index (χ4n) is 5.48. The molecule has 0 aromatic rings. The molecular formula is C48H78NO7+. The molecule has 0 spiro atoms. The molecule has 0 saturated heterocycles. The number of hydrogen-bond acceptors (Lipinski definition) is 6. The highest BCUT2D eigenvalue weighted by Gasteiger charge is 2.31. The van der Waals surface area contributed by atoms with Gasteiger partial charge in [0.25, 0.3) is 0 Å². The lowest BCUT2D eigenvalue weighted by Gasteiger charge is -2.31. The average Bonchev–Trinajstić information content (AvgIpc) is 3.15. The van der Waals surface area contributed by atoms with Gasteiger partial charge in [-0.25, -0.2) is 4.79 Å². The van der Waals surface area contributed by atoms with Crippen LogP contribution in [-0.4, -0.2) is 80.6 Å². The Hall–Kier alpha value is -3.75. The number of carboxylic acid groups (broad SMARTS) is 1. The first-order chi connectivity index (χ1) is 27.1. The quantitative estimate of drug-likeness (QED) is 0.0292. The molecule has 316 valence electrons. The van der Waals surface area contributed by atoms with Crippen molar-refractivity contribution in [2.75, 3.05) is 41.0 Å². The van der Waals surface area contributed by atoms with Gasteiger partial charge in [0.05, 0.1) is 34.4 Å². The molecule has 0 saturated carbocycles. The van der Waals surface area contributed by atoms with Gasteiger partial charge in [-0.2, -0.15) is 0 Å². The Labute approximate surface area is 341 Å². The highest BCUT2D eigenvalue weighted by atomic mass is 16.6. The van der Waals surface area contributed by atoms with Crippen LogP contribution in [0.2, 0.25) is 0 Å². The van der Waals surface area contributed by atoms with Crippen molar-refractivity contribution in [3.63, 3.8) is 0 Å². The number of carbonyl (C=O) groups excluding carboxylic acids is 2. The highest BCUT2D eigenvalue weighted by Crippen LogP contribution is 2.11. The molecule has 0 aliphatic rings. The minimum absolute atomic E-state index is 0.0313. The fourth-order valence-corrected chi connectivity index (χ4v) is 5.48. The topological polar surface area (TPSA) is 99.1 Å². The van der Waals surface area contributed by atoms with Crippen molar-refractivity contribution in [1.82, 2.24) is 0 Å². The van der Waals surface area contributed by atoms with Crippen LogP contribution < -0.4 is 0 Å². The SMILES string of the molecule is CC/C=C\C/C=C\C/C=C\C/C=C\C/C=C\CCCCCC(=O)OC(COCCC(C(=O)O)[N+](C)(C)C)COC(=O)CCCCC/C=C\C/C=C\C/C=C\CC. The highest BCUT2D eigenvalue weighted by molar-refractivity contribution is 5.72. The van der Waals surface area contributed by atoms with Crippen LogP contribution in [0.5, 0.6) is 0 Å². The molecule has 0 heterocycles. The Morgan fingerprint density at radius 1 is 0.536 bits per heavy atom. The smallest absolute Gasteiger partial charge is 0.362 e. The number of likely N-dealkylation sites (N-methyl/N-ethyl adjacent to an activating group) is 1. The number of nitrogens with zero attached hydrogens (tertiary/aromatic N) is 1. The lowest BCUT2D eigenvalue weighted by atomic mass is 10.1. The van der Waals surface area contributed by atoms with Gasteiger partial charge in [-0.1, -0.05) is 124 Å². The molecule has 56 heavy (non-hydrogen) atoms. The van der Waals surface area contributed by atoms with Gasteiger partial charge in [0.1, 0.15) is 6.61 Å². The Balaban J connectivity index is 4.49. The molecule has 0 amide bonds. The molecular weight excluding hydrogens is 703 g/mol. The third kappa shape index (κ3) is 35.9. The van der Waals surface area contributed by atoms with E-state index in [1.165, 1.54) is 0 Å². The van der Waals surface area contributed by atoms with Gasteiger partial charge in [-0.3, -0.25) is 9.59 Å². The van der Waals surface area contributed by atoms with Crippen molar-refractivity contribution in [1.29, 1.82) is 0 Å². The predicted molar refractivity (Wildman–Crippen MR) is 233 cm³/mol. The van der Waals surface area contributed by atoms with Crippen LogP contribution in [0, 0.1) is 0 Å². The minimum atomic E-state index is -0.890. The third-order valence-corrected chi connectivity index (χ3v) is 8.73. The molecule has 8 nitrogen and oxygen atoms in total. The molecule has 0 fully saturated rings. The maximum Gasteiger partial charge on any atom is 0.362 e. The molecule has 0 aromatic carbocycles. The van der Waals surface area contributed by atoms with Gasteiger partial charge in [-0.05, 0) is 89.9 Å². The predicted octanol–water partition coefficient (Wildman–Crippen LogP) is 11.5. The van der Waals surface area contributed by atoms with E-state index in [0.717, 1.165) is 96.3 Å². The second kappa shape index (κ2) is 38.1. The Morgan fingerprint density at radius 2 is 0.946 bits per heavy atom. The van der Waals surface area contributed by atoms with E-state index >= 15 is 0 Å². The third-order valence-electron chi connectivity index (χ3n) is 8.73. The molecule has 0 aliphatic carbocycles. The zero-order valence-electron chi connectivity index (χ0n) is 35.8. The number of esters is 2. The van der Waals surface area contributed by atoms with Crippen molar-refractivity contribution < 1.29 is 38.2 Å². The van der Waals surface area contributed by atoms with E-state index < -0.39 is 18.1 Å². The largest absolute Gasteiger partial charge is 0.477 e. The summed E-state index contributed by atoms with van der Waals surface area (Å²) in [6, 6.07) is -0.631. The maximum absolute atomic E-state index is 12.7. The van der Waals surface area contributed by atoms with Gasteiger partial charge in [-0.15, -0.1) is 0 Å². The summed E-state index contributed by atoms with van der Waals surface area (Å²) in [6.07, 6.45) is 50.3. The number of carbonyl (C=O) groups is 3. The molecule has 8 heteroatoms. The van der Waals surface area contributed by atoms with Crippen molar-refractivity contribution in [3.8, 4) is 0 Å². The number of unbranched alkanes of at least 4 members (excludes halogenated alkanes) is 6. The number of rotatable bonds is 36. The normalized spacial score (nSPS) is 13.9. The van der Waals surface area contributed by atoms with Crippen molar-refractivity contribution >= 4 is 17.9 Å². The Kier molecular flexibility index (Phi) is 35.6. The van der Waals surface area contributed by atoms with E-state index in [1.54, 1.807) is 0 Å². The zero-order valence-corrected chi connectivity index (χ0v) is 35.8. The molecule has 1 N–H and O–H groups in total. The number of allylic oxidation sites excluding steroid dienone is 16. The number of ether oxygens (including phenoxy) is 3. The second-order valence-corrected chi connectivity index (χ2v) is 14.8. The molecule has 0 aromatic heterocycles. The van der Waals surface area contributed by atoms with Gasteiger partial charge in [0.2, 0.25) is 0 Å². The summed E-state index contributed by atoms with van der Waals surface area (Å²) >= 11 is 0. The molecule has 0 aliphatic heterocycles. The van der Waals surface area contributed by atoms with E-state index in [9.17, 15) is 19.5 Å². The van der Waals surface area contributed by atoms with Crippen LogP contribution in [0.4, 0.5) is 0 Å². The molecule has 0 radical (unpaired) electrons. The number of carboxylic acids is 1. The maximum atomic E-state index is 12.7. The fraction of sp³-hybridized carbons (Fsp3) is 0.604. The van der Waals surface area contributed by atoms with Crippen molar-refractivity contribution in [3.05, 3.63) is 97.2 Å². The first kappa shape index (κ1) is 52.2. The summed E-state index contributed by atoms with van der Waals surface area (Å²) < 4.78 is 17.2. The molecule has 0 bridgehead atoms. The Bertz CT molecular complexity index is 1230. The minimum Gasteiger partial charge on any atom is -0.477 e. The summed E-state index contributed by atoms with van der Waals surface area (Å²) in [4.78, 5) is 36.9. The van der Waals surface area contributed by atoms with Gasteiger partial charge in [0, 0.05) is 19.3 Å². The van der Waals surface area contributed by atoms with Gasteiger partial charge in [0.15, 0.2) is 12.1 Å². The summed E-state index contributed by atoms with van der Waals surface area (Å²) in [6.45, 7) is 4.41. The van der Waals surface area contributed by atoms with E-state index in [1.807, 2.05) is 21.1 Å². The zero-order chi connectivity index (χ0) is 41.4. The van der Waals surface area contributed by atoms with Crippen LogP contribution in [0.15, 0.2) is 97.2 Å². The Morgan fingerprint density at radius 3 is 1.36 bits per heavy atom. The summed E-state index contributed by atoms with van der Waals surface area (Å²) in [5.41, 5.74) is 0. The average molecular weight is 781 g/mol. The van der Waals surface area contributed by atoms with E-state index in [-0.39, 0.29) is 42.7 Å². The van der Waals surface area contributed by atoms with Crippen LogP contribution in [0.25, 0.3) is 0 Å². The van der Waals surface area contributed by atoms with E-state index in [0.29, 0.717) is 19.3 Å². The summed E-state index contributed by atoms with van der Waals surface area (Å²) in [7, 11) is 5.49. The lowest BCUT2D eigenvalue weighted by molar-refractivity contribution is -0.887. The second-order valence-electron chi connectivity index (χ2n) is 14.8. The summed E-state index contributed by atoms with van der Waals surface area (Å²) in [5, 5.41) is 9.61. The van der Waals surface area contributed by atoms with Gasteiger partial charge >= 0.3 is 17.9 Å². The first-order valence-corrected chi connectivity index (χ1v) is 21.3. The van der Waals surface area contributed by atoms with Gasteiger partial charge < -0.3 is 23.8 Å². The van der Waals surface area contributed by atoms with Crippen LogP contribution >= 0.6 is 0 Å². The summed E-state index contributed by atoms with van der Waals surface area (Å²) in [5.74, 6) is -1.57. The monoisotopic (exact) mass is 781 g/mol. The van der Waals surface area contributed by atoms with Crippen LogP contribution in [-0.2, 0) is 28.6 Å². The standard InChI is InChI=1S/C48H77NO7/c1-6-8-10-12-14-16-18-20-21-22-23-24-25-27-29-31-33-35-37-39-47(51)56-44(42-54-41-40-45(48(52)53)49(3,4)5)43-55-46(50)38-36-34-32-30-28-26-19-17-15-13-11-9-7-2/h8-11,14-17,20-21,23-24,26-29,44-45H,6-7,12-13,18-19,22,25,30-43H2,1-5H3/p+1/b10-8-,11-9-,16-14-,17-15-,21-20-,24-23-,28-26-,29-27-. The number of aliphatic carboxylic acids is 1. The molecule has 2 atom stereocenters. The van der Waals surface area contributed by atoms with Crippen LogP contribution in [0.3, 0.4) is 0 Å².